The van der Waals surface area contributed by atoms with Crippen molar-refractivity contribution in [3.63, 3.8) is 0 Å². The first kappa shape index (κ1) is 42.5. The fourth-order valence-electron chi connectivity index (χ4n) is 8.14. The molecule has 1 unspecified atom stereocenters. The van der Waals surface area contributed by atoms with Gasteiger partial charge in [-0.05, 0) is 112 Å². The van der Waals surface area contributed by atoms with Gasteiger partial charge < -0.3 is 19.9 Å². The van der Waals surface area contributed by atoms with Crippen molar-refractivity contribution in [3.05, 3.63) is 77.8 Å². The second-order valence-electron chi connectivity index (χ2n) is 15.4. The molecule has 8 rings (SSSR count). The SMILES string of the molecule is NSc1ccc(Nc2ncc(C(F)(F)F)c(-c3cnn(C4CCOCC4)c3)n2)c(F)c1.O=C1CCC(c2ccc(N3CCC(CN4CCCCC4)CC3)c(F)c2)C(=O)N1. The standard InChI is InChI=1S/C22H30FN3O2.C19H18F4N6OS/c23-19-14-17(18-5-7-21(27)24-22(18)28)4-6-20(19)26-12-8-16(9-13-26)15-25-10-2-1-3-11-25;20-15-7-13(31-24)1-2-16(15)27-18-25-9-14(19(21,22)23)17(28-18)11-8-26-29(10-11)12-3-5-30-6-4-12/h4,6,14,16,18H,1-3,5,7-13,15H2,(H,24,27,28);1-2,7-10,12H,3-6,24H2,(H,25,27,28). The molecule has 6 heterocycles. The van der Waals surface area contributed by atoms with Gasteiger partial charge in [0.05, 0.1) is 35.2 Å². The minimum atomic E-state index is -4.67. The molecule has 4 aliphatic rings. The third-order valence-corrected chi connectivity index (χ3v) is 11.9. The summed E-state index contributed by atoms with van der Waals surface area (Å²) in [6, 6.07) is 9.36. The number of likely N-dealkylation sites (tertiary alicyclic amines) is 1. The number of nitrogens with two attached hydrogens (primary N) is 1. The number of halogens is 5. The zero-order chi connectivity index (χ0) is 41.5. The van der Waals surface area contributed by atoms with Gasteiger partial charge in [0.2, 0.25) is 17.8 Å². The van der Waals surface area contributed by atoms with E-state index in [1.165, 1.54) is 69.5 Å². The van der Waals surface area contributed by atoms with Crippen molar-refractivity contribution in [2.45, 2.75) is 80.8 Å². The Balaban J connectivity index is 0.000000180. The first-order chi connectivity index (χ1) is 28.4. The van der Waals surface area contributed by atoms with Gasteiger partial charge in [-0.1, -0.05) is 12.5 Å². The second-order valence-corrected chi connectivity index (χ2v) is 16.1. The summed E-state index contributed by atoms with van der Waals surface area (Å²) < 4.78 is 76.7. The maximum Gasteiger partial charge on any atom is 0.419 e. The van der Waals surface area contributed by atoms with E-state index in [1.807, 2.05) is 6.07 Å². The molecule has 18 heteroatoms. The van der Waals surface area contributed by atoms with E-state index in [0.717, 1.165) is 50.7 Å². The van der Waals surface area contributed by atoms with E-state index in [4.69, 9.17) is 9.88 Å². The number of anilines is 3. The molecule has 12 nitrogen and oxygen atoms in total. The Morgan fingerprint density at radius 1 is 0.915 bits per heavy atom. The number of amides is 2. The number of nitrogens with one attached hydrogen (secondary N) is 2. The van der Waals surface area contributed by atoms with Crippen LogP contribution in [0, 0.1) is 17.6 Å². The van der Waals surface area contributed by atoms with Crippen LogP contribution in [0.2, 0.25) is 0 Å². The van der Waals surface area contributed by atoms with Crippen LogP contribution in [0.15, 0.2) is 59.9 Å². The molecule has 0 saturated carbocycles. The molecule has 1 atom stereocenters. The highest BCUT2D eigenvalue weighted by Gasteiger charge is 2.36. The summed E-state index contributed by atoms with van der Waals surface area (Å²) in [7, 11) is 0. The Bertz CT molecular complexity index is 2080. The van der Waals surface area contributed by atoms with E-state index in [0.29, 0.717) is 54.3 Å². The highest BCUT2D eigenvalue weighted by Crippen LogP contribution is 2.37. The number of carbonyl (C=O) groups is 2. The molecule has 2 aromatic carbocycles. The maximum absolute atomic E-state index is 14.8. The summed E-state index contributed by atoms with van der Waals surface area (Å²) in [6.45, 7) is 6.56. The lowest BCUT2D eigenvalue weighted by Crippen LogP contribution is -2.41. The van der Waals surface area contributed by atoms with E-state index in [1.54, 1.807) is 16.8 Å². The number of ether oxygens (including phenoxy) is 1. The van der Waals surface area contributed by atoms with Crippen molar-refractivity contribution in [1.29, 1.82) is 0 Å². The molecule has 0 spiro atoms. The van der Waals surface area contributed by atoms with Gasteiger partial charge in [-0.25, -0.2) is 18.7 Å². The van der Waals surface area contributed by atoms with Crippen LogP contribution in [-0.2, 0) is 20.5 Å². The van der Waals surface area contributed by atoms with Gasteiger partial charge in [0.1, 0.15) is 17.2 Å². The zero-order valence-electron chi connectivity index (χ0n) is 32.5. The number of imide groups is 1. The number of hydrogen-bond donors (Lipinski definition) is 3. The predicted molar refractivity (Wildman–Crippen MR) is 214 cm³/mol. The predicted octanol–water partition coefficient (Wildman–Crippen LogP) is 7.61. The zero-order valence-corrected chi connectivity index (χ0v) is 33.3. The van der Waals surface area contributed by atoms with Gasteiger partial charge in [-0.3, -0.25) is 24.7 Å². The van der Waals surface area contributed by atoms with E-state index >= 15 is 0 Å². The van der Waals surface area contributed by atoms with Crippen LogP contribution in [0.5, 0.6) is 0 Å². The molecule has 0 bridgehead atoms. The Hall–Kier alpha value is -4.65. The van der Waals surface area contributed by atoms with Gasteiger partial charge in [-0.2, -0.15) is 18.3 Å². The molecule has 2 amide bonds. The van der Waals surface area contributed by atoms with Crippen LogP contribution < -0.4 is 20.7 Å². The molecule has 4 saturated heterocycles. The Morgan fingerprint density at radius 2 is 1.68 bits per heavy atom. The molecule has 4 aliphatic heterocycles. The average Bonchev–Trinajstić information content (AvgIpc) is 3.73. The summed E-state index contributed by atoms with van der Waals surface area (Å²) in [4.78, 5) is 36.3. The largest absolute Gasteiger partial charge is 0.419 e. The minimum absolute atomic E-state index is 0.0152. The summed E-state index contributed by atoms with van der Waals surface area (Å²) in [5.74, 6) is -1.36. The van der Waals surface area contributed by atoms with Crippen LogP contribution in [0.1, 0.15) is 80.9 Å². The van der Waals surface area contributed by atoms with Crippen LogP contribution in [0.25, 0.3) is 11.3 Å². The van der Waals surface area contributed by atoms with Crippen LogP contribution in [0.3, 0.4) is 0 Å². The smallest absolute Gasteiger partial charge is 0.381 e. The van der Waals surface area contributed by atoms with Crippen molar-refractivity contribution in [1.82, 2.24) is 30.0 Å². The van der Waals surface area contributed by atoms with Crippen molar-refractivity contribution in [3.8, 4) is 11.3 Å². The third-order valence-electron chi connectivity index (χ3n) is 11.4. The highest BCUT2D eigenvalue weighted by atomic mass is 32.2. The molecule has 0 radical (unpaired) electrons. The van der Waals surface area contributed by atoms with Crippen molar-refractivity contribution in [2.75, 3.05) is 56.2 Å². The molecule has 2 aromatic heterocycles. The van der Waals surface area contributed by atoms with Crippen molar-refractivity contribution < 1.29 is 36.3 Å². The number of rotatable bonds is 9. The minimum Gasteiger partial charge on any atom is -0.381 e. The number of hydrogen-bond acceptors (Lipinski definition) is 11. The highest BCUT2D eigenvalue weighted by molar-refractivity contribution is 7.97. The third kappa shape index (κ3) is 10.8. The fourth-order valence-corrected chi connectivity index (χ4v) is 8.46. The first-order valence-electron chi connectivity index (χ1n) is 20.1. The van der Waals surface area contributed by atoms with Gasteiger partial charge in [0.15, 0.2) is 0 Å². The van der Waals surface area contributed by atoms with Crippen molar-refractivity contribution in [2.24, 2.45) is 11.1 Å². The van der Waals surface area contributed by atoms with Crippen LogP contribution >= 0.6 is 11.9 Å². The topological polar surface area (TPSA) is 144 Å². The molecule has 316 valence electrons. The number of carbonyl (C=O) groups excluding carboxylic acids is 2. The van der Waals surface area contributed by atoms with Crippen molar-refractivity contribution >= 4 is 41.1 Å². The van der Waals surface area contributed by atoms with Crippen LogP contribution in [0.4, 0.5) is 39.3 Å². The van der Waals surface area contributed by atoms with Gasteiger partial charge in [-0.15, -0.1) is 0 Å². The molecule has 4 fully saturated rings. The first-order valence-corrected chi connectivity index (χ1v) is 20.9. The quantitative estimate of drug-likeness (QED) is 0.0871. The van der Waals surface area contributed by atoms with Crippen LogP contribution in [-0.4, -0.2) is 82.4 Å². The van der Waals surface area contributed by atoms with Gasteiger partial charge in [0, 0.05) is 62.1 Å². The lowest BCUT2D eigenvalue weighted by molar-refractivity contribution is -0.137. The average molecular weight is 842 g/mol. The van der Waals surface area contributed by atoms with Gasteiger partial charge in [0.25, 0.3) is 0 Å². The molecular formula is C41H48F5N9O3S. The van der Waals surface area contributed by atoms with E-state index in [-0.39, 0.29) is 46.6 Å². The normalized spacial score (nSPS) is 19.9. The van der Waals surface area contributed by atoms with E-state index in [9.17, 15) is 31.5 Å². The number of benzene rings is 2. The molecule has 59 heavy (non-hydrogen) atoms. The number of nitrogens with zero attached hydrogens (tertiary/aromatic N) is 6. The molecular weight excluding hydrogens is 794 g/mol. The molecule has 4 N–H and O–H groups in total. The summed E-state index contributed by atoms with van der Waals surface area (Å²) >= 11 is 0.875. The lowest BCUT2D eigenvalue weighted by atomic mass is 9.90. The van der Waals surface area contributed by atoms with E-state index in [2.05, 4.69) is 35.5 Å². The molecule has 4 aromatic rings. The summed E-state index contributed by atoms with van der Waals surface area (Å²) in [6.07, 6.45) is 7.30. The lowest BCUT2D eigenvalue weighted by Gasteiger charge is -2.37. The summed E-state index contributed by atoms with van der Waals surface area (Å²) in [5.41, 5.74) is 0.164. The Morgan fingerprint density at radius 3 is 2.36 bits per heavy atom. The number of aromatic nitrogens is 4. The summed E-state index contributed by atoms with van der Waals surface area (Å²) in [5, 5.41) is 14.6. The van der Waals surface area contributed by atoms with Gasteiger partial charge >= 0.3 is 6.18 Å². The van der Waals surface area contributed by atoms with E-state index < -0.39 is 23.5 Å². The maximum atomic E-state index is 14.8. The monoisotopic (exact) mass is 841 g/mol. The molecule has 0 aliphatic carbocycles. The Labute approximate surface area is 343 Å². The second kappa shape index (κ2) is 19.2. The number of alkyl halides is 3. The number of piperidine rings is 3. The fraction of sp³-hybridized carbons (Fsp3) is 0.488. The Kier molecular flexibility index (Phi) is 13.8.